The molecule has 18 heavy (non-hydrogen) atoms. The third-order valence-electron chi connectivity index (χ3n) is 4.82. The van der Waals surface area contributed by atoms with Crippen molar-refractivity contribution >= 4 is 0 Å². The third-order valence-corrected chi connectivity index (χ3v) is 4.82. The molecule has 1 heterocycles. The maximum Gasteiger partial charge on any atom is 0.0628 e. The minimum atomic E-state index is 0.377. The van der Waals surface area contributed by atoms with E-state index in [4.69, 9.17) is 5.26 Å². The zero-order valence-electron chi connectivity index (χ0n) is 11.3. The Morgan fingerprint density at radius 3 is 2.61 bits per heavy atom. The first-order valence-electron chi connectivity index (χ1n) is 7.62. The second-order valence-corrected chi connectivity index (χ2v) is 6.77. The van der Waals surface area contributed by atoms with Gasteiger partial charge in [0, 0.05) is 32.1 Å². The fraction of sp³-hybridized carbons (Fsp3) is 0.933. The first-order chi connectivity index (χ1) is 8.80. The highest BCUT2D eigenvalue weighted by Crippen LogP contribution is 2.49. The first-order valence-corrected chi connectivity index (χ1v) is 7.62. The quantitative estimate of drug-likeness (QED) is 0.749. The largest absolute Gasteiger partial charge is 0.313 e. The van der Waals surface area contributed by atoms with E-state index >= 15 is 0 Å². The lowest BCUT2D eigenvalue weighted by atomic mass is 10.0. The summed E-state index contributed by atoms with van der Waals surface area (Å²) in [6.07, 6.45) is 8.86. The molecule has 3 fully saturated rings. The second kappa shape index (κ2) is 5.19. The van der Waals surface area contributed by atoms with Crippen LogP contribution < -0.4 is 5.32 Å². The standard InChI is InChI=1S/C15H25N3/c16-8-7-15(5-6-15)12-18(10-13-3-4-13)11-14-2-1-9-17-14/h13-14,17H,1-7,9-12H2. The van der Waals surface area contributed by atoms with E-state index in [1.165, 1.54) is 64.7 Å². The zero-order valence-corrected chi connectivity index (χ0v) is 11.3. The van der Waals surface area contributed by atoms with Gasteiger partial charge in [0.2, 0.25) is 0 Å². The van der Waals surface area contributed by atoms with E-state index in [2.05, 4.69) is 16.3 Å². The summed E-state index contributed by atoms with van der Waals surface area (Å²) in [5, 5.41) is 12.6. The van der Waals surface area contributed by atoms with Crippen LogP contribution in [0.4, 0.5) is 0 Å². The lowest BCUT2D eigenvalue weighted by molar-refractivity contribution is 0.196. The first kappa shape index (κ1) is 12.4. The Morgan fingerprint density at radius 1 is 1.22 bits per heavy atom. The number of nitriles is 1. The van der Waals surface area contributed by atoms with E-state index in [1.807, 2.05) is 0 Å². The van der Waals surface area contributed by atoms with Crippen LogP contribution in [-0.4, -0.2) is 37.1 Å². The van der Waals surface area contributed by atoms with Gasteiger partial charge in [-0.2, -0.15) is 5.26 Å². The van der Waals surface area contributed by atoms with Gasteiger partial charge in [-0.05, 0) is 56.4 Å². The smallest absolute Gasteiger partial charge is 0.0628 e. The molecule has 1 atom stereocenters. The molecule has 3 nitrogen and oxygen atoms in total. The summed E-state index contributed by atoms with van der Waals surface area (Å²) in [6.45, 7) is 4.87. The molecule has 0 radical (unpaired) electrons. The Labute approximate surface area is 111 Å². The Bertz CT molecular complexity index is 319. The van der Waals surface area contributed by atoms with E-state index in [0.717, 1.165) is 12.3 Å². The molecule has 2 aliphatic carbocycles. The zero-order chi connectivity index (χ0) is 12.4. The van der Waals surface area contributed by atoms with Crippen molar-refractivity contribution in [3.8, 4) is 6.07 Å². The molecular weight excluding hydrogens is 222 g/mol. The van der Waals surface area contributed by atoms with Crippen LogP contribution >= 0.6 is 0 Å². The number of nitrogens with zero attached hydrogens (tertiary/aromatic N) is 2. The van der Waals surface area contributed by atoms with Crippen molar-refractivity contribution in [2.45, 2.75) is 51.0 Å². The lowest BCUT2D eigenvalue weighted by Gasteiger charge is -2.29. The normalized spacial score (nSPS) is 29.4. The van der Waals surface area contributed by atoms with Gasteiger partial charge in [0.1, 0.15) is 0 Å². The molecule has 0 amide bonds. The number of hydrogen-bond donors (Lipinski definition) is 1. The van der Waals surface area contributed by atoms with Crippen molar-refractivity contribution < 1.29 is 0 Å². The molecule has 1 aliphatic heterocycles. The minimum Gasteiger partial charge on any atom is -0.313 e. The van der Waals surface area contributed by atoms with Crippen LogP contribution in [0.5, 0.6) is 0 Å². The monoisotopic (exact) mass is 247 g/mol. The van der Waals surface area contributed by atoms with E-state index in [1.54, 1.807) is 0 Å². The molecule has 3 rings (SSSR count). The maximum atomic E-state index is 8.95. The molecule has 100 valence electrons. The van der Waals surface area contributed by atoms with Crippen molar-refractivity contribution in [3.63, 3.8) is 0 Å². The van der Waals surface area contributed by atoms with Crippen molar-refractivity contribution in [1.29, 1.82) is 5.26 Å². The third kappa shape index (κ3) is 3.24. The van der Waals surface area contributed by atoms with Gasteiger partial charge in [0.25, 0.3) is 0 Å². The summed E-state index contributed by atoms with van der Waals surface area (Å²) < 4.78 is 0. The van der Waals surface area contributed by atoms with Crippen molar-refractivity contribution in [3.05, 3.63) is 0 Å². The van der Waals surface area contributed by atoms with E-state index in [-0.39, 0.29) is 0 Å². The van der Waals surface area contributed by atoms with Gasteiger partial charge in [0.05, 0.1) is 6.07 Å². The van der Waals surface area contributed by atoms with Crippen LogP contribution in [-0.2, 0) is 0 Å². The summed E-state index contributed by atoms with van der Waals surface area (Å²) in [5.74, 6) is 0.962. The SMILES string of the molecule is N#CCC1(CN(CC2CC2)CC2CCCN2)CC1. The highest BCUT2D eigenvalue weighted by atomic mass is 15.2. The predicted octanol–water partition coefficient (Wildman–Crippen LogP) is 2.14. The van der Waals surface area contributed by atoms with Gasteiger partial charge in [0.15, 0.2) is 0 Å². The summed E-state index contributed by atoms with van der Waals surface area (Å²) in [4.78, 5) is 2.67. The molecular formula is C15H25N3. The Hall–Kier alpha value is -0.590. The molecule has 0 bridgehead atoms. The van der Waals surface area contributed by atoms with Gasteiger partial charge in [-0.25, -0.2) is 0 Å². The fourth-order valence-corrected chi connectivity index (χ4v) is 3.30. The molecule has 0 aromatic heterocycles. The fourth-order valence-electron chi connectivity index (χ4n) is 3.30. The molecule has 2 saturated carbocycles. The molecule has 1 saturated heterocycles. The predicted molar refractivity (Wildman–Crippen MR) is 72.1 cm³/mol. The Balaban J connectivity index is 1.53. The molecule has 1 unspecified atom stereocenters. The van der Waals surface area contributed by atoms with E-state index in [0.29, 0.717) is 11.5 Å². The van der Waals surface area contributed by atoms with Crippen molar-refractivity contribution in [2.24, 2.45) is 11.3 Å². The van der Waals surface area contributed by atoms with Crippen LogP contribution in [0.3, 0.4) is 0 Å². The molecule has 0 aromatic rings. The average Bonchev–Trinajstić information content (AvgIpc) is 3.24. The van der Waals surface area contributed by atoms with Gasteiger partial charge < -0.3 is 10.2 Å². The summed E-state index contributed by atoms with van der Waals surface area (Å²) in [6, 6.07) is 3.11. The Morgan fingerprint density at radius 2 is 2.06 bits per heavy atom. The molecule has 0 aromatic carbocycles. The minimum absolute atomic E-state index is 0.377. The van der Waals surface area contributed by atoms with Gasteiger partial charge >= 0.3 is 0 Å². The number of rotatable bonds is 7. The van der Waals surface area contributed by atoms with Crippen LogP contribution in [0.15, 0.2) is 0 Å². The number of nitrogens with one attached hydrogen (secondary N) is 1. The topological polar surface area (TPSA) is 39.1 Å². The van der Waals surface area contributed by atoms with Crippen LogP contribution in [0.2, 0.25) is 0 Å². The summed E-state index contributed by atoms with van der Waals surface area (Å²) in [7, 11) is 0. The second-order valence-electron chi connectivity index (χ2n) is 6.77. The molecule has 1 N–H and O–H groups in total. The van der Waals surface area contributed by atoms with Crippen LogP contribution in [0.1, 0.15) is 44.9 Å². The van der Waals surface area contributed by atoms with Crippen LogP contribution in [0, 0.1) is 22.7 Å². The van der Waals surface area contributed by atoms with Crippen molar-refractivity contribution in [1.82, 2.24) is 10.2 Å². The Kier molecular flexibility index (Phi) is 3.59. The molecule has 3 aliphatic rings. The molecule has 3 heteroatoms. The van der Waals surface area contributed by atoms with E-state index < -0.39 is 0 Å². The van der Waals surface area contributed by atoms with E-state index in [9.17, 15) is 0 Å². The van der Waals surface area contributed by atoms with Gasteiger partial charge in [-0.15, -0.1) is 0 Å². The van der Waals surface area contributed by atoms with Gasteiger partial charge in [-0.3, -0.25) is 0 Å². The lowest BCUT2D eigenvalue weighted by Crippen LogP contribution is -2.41. The molecule has 0 spiro atoms. The summed E-state index contributed by atoms with van der Waals surface area (Å²) in [5.41, 5.74) is 0.377. The number of hydrogen-bond acceptors (Lipinski definition) is 3. The highest BCUT2D eigenvalue weighted by molar-refractivity contribution is 5.02. The summed E-state index contributed by atoms with van der Waals surface area (Å²) >= 11 is 0. The average molecular weight is 247 g/mol. The van der Waals surface area contributed by atoms with Crippen molar-refractivity contribution in [2.75, 3.05) is 26.2 Å². The van der Waals surface area contributed by atoms with Gasteiger partial charge in [-0.1, -0.05) is 0 Å². The maximum absolute atomic E-state index is 8.95. The highest BCUT2D eigenvalue weighted by Gasteiger charge is 2.44. The van der Waals surface area contributed by atoms with Crippen LogP contribution in [0.25, 0.3) is 0 Å².